The molecule has 18 heavy (non-hydrogen) atoms. The molecule has 2 N–H and O–H groups in total. The number of H-pyrrole nitrogens is 1. The summed E-state index contributed by atoms with van der Waals surface area (Å²) in [6.45, 7) is 7.09. The molecule has 0 fully saturated rings. The number of halogens is 1. The quantitative estimate of drug-likeness (QED) is 0.821. The topological polar surface area (TPSA) is 79.4 Å². The van der Waals surface area contributed by atoms with Crippen molar-refractivity contribution in [3.63, 3.8) is 0 Å². The Morgan fingerprint density at radius 2 is 2.17 bits per heavy atom. The molecular weight excluding hydrogens is 343 g/mol. The maximum Gasteiger partial charge on any atom is 0.199 e. The van der Waals surface area contributed by atoms with Crippen LogP contribution in [0.4, 0.5) is 5.82 Å². The van der Waals surface area contributed by atoms with E-state index in [9.17, 15) is 0 Å². The van der Waals surface area contributed by atoms with E-state index < -0.39 is 0 Å². The summed E-state index contributed by atoms with van der Waals surface area (Å²) < 4.78 is 1.06. The first-order valence-electron chi connectivity index (χ1n) is 5.80. The first-order valence-corrected chi connectivity index (χ1v) is 6.88. The summed E-state index contributed by atoms with van der Waals surface area (Å²) in [6.07, 6.45) is 1.46. The first-order chi connectivity index (χ1) is 8.63. The van der Waals surface area contributed by atoms with Crippen LogP contribution in [0.3, 0.4) is 0 Å². The van der Waals surface area contributed by atoms with Gasteiger partial charge in [-0.25, -0.2) is 15.0 Å². The lowest BCUT2D eigenvalue weighted by Gasteiger charge is -2.13. The maximum atomic E-state index is 4.56. The van der Waals surface area contributed by atoms with Gasteiger partial charge in [0.2, 0.25) is 0 Å². The number of anilines is 1. The molecule has 2 aromatic rings. The molecule has 0 radical (unpaired) electrons. The predicted octanol–water partition coefficient (Wildman–Crippen LogP) is 2.42. The second-order valence-electron chi connectivity index (χ2n) is 4.11. The van der Waals surface area contributed by atoms with Crippen LogP contribution < -0.4 is 5.32 Å². The summed E-state index contributed by atoms with van der Waals surface area (Å²) in [6, 6.07) is 0. The second kappa shape index (κ2) is 5.59. The number of hydrogen-bond donors (Lipinski definition) is 2. The summed E-state index contributed by atoms with van der Waals surface area (Å²) in [4.78, 5) is 13.1. The molecule has 0 aromatic carbocycles. The van der Waals surface area contributed by atoms with Gasteiger partial charge in [-0.2, -0.15) is 5.10 Å². The van der Waals surface area contributed by atoms with Gasteiger partial charge in [-0.15, -0.1) is 0 Å². The third-order valence-corrected chi connectivity index (χ3v) is 3.46. The molecule has 7 heteroatoms. The van der Waals surface area contributed by atoms with Crippen LogP contribution in [0.5, 0.6) is 0 Å². The normalized spacial score (nSPS) is 10.9. The number of aromatic amines is 1. The SMILES string of the molecule is CCNc1nc(-c2ncn[nH]2)nc(C(C)C)c1I. The highest BCUT2D eigenvalue weighted by atomic mass is 127. The summed E-state index contributed by atoms with van der Waals surface area (Å²) in [7, 11) is 0. The molecule has 0 atom stereocenters. The summed E-state index contributed by atoms with van der Waals surface area (Å²) >= 11 is 2.28. The van der Waals surface area contributed by atoms with E-state index >= 15 is 0 Å². The number of hydrogen-bond acceptors (Lipinski definition) is 5. The molecule has 0 amide bonds. The molecular formula is C11H15IN6. The highest BCUT2D eigenvalue weighted by molar-refractivity contribution is 14.1. The van der Waals surface area contributed by atoms with Crippen molar-refractivity contribution < 1.29 is 0 Å². The lowest BCUT2D eigenvalue weighted by molar-refractivity contribution is 0.806. The van der Waals surface area contributed by atoms with Crippen molar-refractivity contribution in [2.45, 2.75) is 26.7 Å². The van der Waals surface area contributed by atoms with Gasteiger partial charge in [0.05, 0.1) is 9.26 Å². The zero-order chi connectivity index (χ0) is 13.1. The standard InChI is InChI=1S/C11H15IN6/c1-4-13-9-7(12)8(6(2)3)16-11(17-9)10-14-5-15-18-10/h5-6H,4H2,1-3H3,(H,13,16,17)(H,14,15,18). The van der Waals surface area contributed by atoms with Gasteiger partial charge >= 0.3 is 0 Å². The first kappa shape index (κ1) is 13.2. The fraction of sp³-hybridized carbons (Fsp3) is 0.455. The highest BCUT2D eigenvalue weighted by Crippen LogP contribution is 2.27. The van der Waals surface area contributed by atoms with Gasteiger partial charge in [0.15, 0.2) is 11.6 Å². The Bertz CT molecular complexity index is 523. The zero-order valence-electron chi connectivity index (χ0n) is 10.5. The van der Waals surface area contributed by atoms with Crippen LogP contribution in [0.15, 0.2) is 6.33 Å². The van der Waals surface area contributed by atoms with Crippen molar-refractivity contribution in [1.82, 2.24) is 25.1 Å². The Morgan fingerprint density at radius 3 is 2.72 bits per heavy atom. The molecule has 2 aromatic heterocycles. The minimum Gasteiger partial charge on any atom is -0.369 e. The average Bonchev–Trinajstić information content (AvgIpc) is 2.85. The van der Waals surface area contributed by atoms with Crippen LogP contribution in [0.25, 0.3) is 11.6 Å². The molecule has 0 aliphatic heterocycles. The molecule has 0 unspecified atom stereocenters. The van der Waals surface area contributed by atoms with Crippen molar-refractivity contribution in [3.05, 3.63) is 15.6 Å². The molecule has 96 valence electrons. The van der Waals surface area contributed by atoms with Gasteiger partial charge in [0, 0.05) is 6.54 Å². The molecule has 0 spiro atoms. The van der Waals surface area contributed by atoms with Gasteiger partial charge in [-0.1, -0.05) is 13.8 Å². The lowest BCUT2D eigenvalue weighted by Crippen LogP contribution is -2.09. The Kier molecular flexibility index (Phi) is 4.10. The van der Waals surface area contributed by atoms with Crippen LogP contribution in [-0.2, 0) is 0 Å². The van der Waals surface area contributed by atoms with Crippen molar-refractivity contribution in [1.29, 1.82) is 0 Å². The molecule has 0 saturated carbocycles. The van der Waals surface area contributed by atoms with Crippen molar-refractivity contribution in [2.24, 2.45) is 0 Å². The zero-order valence-corrected chi connectivity index (χ0v) is 12.7. The van der Waals surface area contributed by atoms with Gasteiger partial charge in [0.1, 0.15) is 12.1 Å². The lowest BCUT2D eigenvalue weighted by atomic mass is 10.1. The smallest absolute Gasteiger partial charge is 0.199 e. The van der Waals surface area contributed by atoms with E-state index in [1.807, 2.05) is 6.92 Å². The summed E-state index contributed by atoms with van der Waals surface area (Å²) in [5, 5.41) is 9.88. The molecule has 6 nitrogen and oxygen atoms in total. The third kappa shape index (κ3) is 2.60. The van der Waals surface area contributed by atoms with Gasteiger partial charge in [-0.05, 0) is 35.4 Å². The average molecular weight is 358 g/mol. The van der Waals surface area contributed by atoms with Crippen LogP contribution in [0.2, 0.25) is 0 Å². The molecule has 0 saturated heterocycles. The highest BCUT2D eigenvalue weighted by Gasteiger charge is 2.16. The van der Waals surface area contributed by atoms with E-state index in [2.05, 4.69) is 66.9 Å². The molecule has 2 heterocycles. The number of nitrogens with zero attached hydrogens (tertiary/aromatic N) is 4. The fourth-order valence-electron chi connectivity index (χ4n) is 1.55. The van der Waals surface area contributed by atoms with E-state index in [-0.39, 0.29) is 0 Å². The largest absolute Gasteiger partial charge is 0.369 e. The molecule has 0 bridgehead atoms. The fourth-order valence-corrected chi connectivity index (χ4v) is 2.61. The van der Waals surface area contributed by atoms with E-state index in [4.69, 9.17) is 0 Å². The van der Waals surface area contributed by atoms with E-state index in [0.717, 1.165) is 21.6 Å². The van der Waals surface area contributed by atoms with Crippen LogP contribution >= 0.6 is 22.6 Å². The van der Waals surface area contributed by atoms with E-state index in [1.54, 1.807) is 0 Å². The second-order valence-corrected chi connectivity index (χ2v) is 5.19. The minimum atomic E-state index is 0.332. The van der Waals surface area contributed by atoms with Crippen molar-refractivity contribution in [3.8, 4) is 11.6 Å². The summed E-state index contributed by atoms with van der Waals surface area (Å²) in [5.74, 6) is 2.35. The van der Waals surface area contributed by atoms with Crippen molar-refractivity contribution in [2.75, 3.05) is 11.9 Å². The number of aromatic nitrogens is 5. The Labute approximate surface area is 119 Å². The monoisotopic (exact) mass is 358 g/mol. The van der Waals surface area contributed by atoms with Crippen molar-refractivity contribution >= 4 is 28.4 Å². The Hall–Kier alpha value is -1.25. The van der Waals surface area contributed by atoms with E-state index in [0.29, 0.717) is 17.6 Å². The number of nitrogens with one attached hydrogen (secondary N) is 2. The van der Waals surface area contributed by atoms with Crippen LogP contribution in [0, 0.1) is 3.57 Å². The number of rotatable bonds is 4. The van der Waals surface area contributed by atoms with Gasteiger partial charge < -0.3 is 5.32 Å². The minimum absolute atomic E-state index is 0.332. The van der Waals surface area contributed by atoms with Gasteiger partial charge in [-0.3, -0.25) is 5.10 Å². The van der Waals surface area contributed by atoms with E-state index in [1.165, 1.54) is 6.33 Å². The van der Waals surface area contributed by atoms with Crippen LogP contribution in [-0.4, -0.2) is 31.7 Å². The Balaban J connectivity index is 2.55. The molecule has 2 rings (SSSR count). The predicted molar refractivity (Wildman–Crippen MR) is 78.4 cm³/mol. The molecule has 0 aliphatic rings. The van der Waals surface area contributed by atoms with Gasteiger partial charge in [0.25, 0.3) is 0 Å². The maximum absolute atomic E-state index is 4.56. The third-order valence-electron chi connectivity index (χ3n) is 2.39. The Morgan fingerprint density at radius 1 is 1.39 bits per heavy atom. The van der Waals surface area contributed by atoms with Crippen LogP contribution in [0.1, 0.15) is 32.4 Å². The summed E-state index contributed by atoms with van der Waals surface area (Å²) in [5.41, 5.74) is 1.02. The molecule has 0 aliphatic carbocycles.